The first-order valence-electron chi connectivity index (χ1n) is 6.97. The van der Waals surface area contributed by atoms with Gasteiger partial charge in [-0.1, -0.05) is 6.07 Å². The molecule has 0 aliphatic heterocycles. The summed E-state index contributed by atoms with van der Waals surface area (Å²) in [6.45, 7) is 3.63. The van der Waals surface area contributed by atoms with Gasteiger partial charge in [0.25, 0.3) is 0 Å². The van der Waals surface area contributed by atoms with Crippen LogP contribution in [0.5, 0.6) is 0 Å². The van der Waals surface area contributed by atoms with Crippen molar-refractivity contribution in [3.05, 3.63) is 29.6 Å². The minimum atomic E-state index is -0.896. The summed E-state index contributed by atoms with van der Waals surface area (Å²) >= 11 is 0. The van der Waals surface area contributed by atoms with Gasteiger partial charge in [-0.25, -0.2) is 9.78 Å². The molecule has 0 unspecified atom stereocenters. The lowest BCUT2D eigenvalue weighted by Gasteiger charge is -2.17. The van der Waals surface area contributed by atoms with E-state index in [2.05, 4.69) is 16.9 Å². The van der Waals surface area contributed by atoms with E-state index in [-0.39, 0.29) is 0 Å². The van der Waals surface area contributed by atoms with Crippen molar-refractivity contribution in [1.82, 2.24) is 14.5 Å². The molecule has 0 saturated heterocycles. The van der Waals surface area contributed by atoms with Crippen molar-refractivity contribution >= 4 is 17.0 Å². The van der Waals surface area contributed by atoms with E-state index in [0.717, 1.165) is 29.9 Å². The van der Waals surface area contributed by atoms with Gasteiger partial charge in [-0.15, -0.1) is 0 Å². The molecule has 106 valence electrons. The van der Waals surface area contributed by atoms with Crippen molar-refractivity contribution < 1.29 is 9.90 Å². The zero-order chi connectivity index (χ0) is 14.3. The number of para-hydroxylation sites is 1. The van der Waals surface area contributed by atoms with E-state index in [1.807, 2.05) is 17.6 Å². The van der Waals surface area contributed by atoms with Gasteiger partial charge in [0.1, 0.15) is 5.82 Å². The van der Waals surface area contributed by atoms with Crippen molar-refractivity contribution in [2.24, 2.45) is 0 Å². The molecule has 3 rings (SSSR count). The summed E-state index contributed by atoms with van der Waals surface area (Å²) in [5, 5.41) is 9.34. The molecule has 1 heterocycles. The van der Waals surface area contributed by atoms with E-state index in [1.165, 1.54) is 12.8 Å². The molecule has 5 heteroatoms. The van der Waals surface area contributed by atoms with Gasteiger partial charge >= 0.3 is 5.97 Å². The number of imidazole rings is 1. The summed E-state index contributed by atoms with van der Waals surface area (Å²) in [6, 6.07) is 5.98. The number of carboxylic acid groups (broad SMARTS) is 1. The first-order chi connectivity index (χ1) is 9.58. The van der Waals surface area contributed by atoms with Crippen LogP contribution in [0.4, 0.5) is 0 Å². The van der Waals surface area contributed by atoms with Crippen LogP contribution >= 0.6 is 0 Å². The van der Waals surface area contributed by atoms with Crippen LogP contribution in [0.1, 0.15) is 29.0 Å². The summed E-state index contributed by atoms with van der Waals surface area (Å²) in [4.78, 5) is 18.2. The highest BCUT2D eigenvalue weighted by molar-refractivity contribution is 6.01. The number of rotatable bonds is 5. The molecule has 1 N–H and O–H groups in total. The minimum Gasteiger partial charge on any atom is -0.478 e. The first-order valence-corrected chi connectivity index (χ1v) is 6.97. The number of hydrogen-bond donors (Lipinski definition) is 1. The largest absolute Gasteiger partial charge is 0.478 e. The molecule has 1 aromatic carbocycles. The zero-order valence-corrected chi connectivity index (χ0v) is 11.8. The van der Waals surface area contributed by atoms with Gasteiger partial charge in [-0.2, -0.15) is 0 Å². The number of aromatic carboxylic acids is 1. The van der Waals surface area contributed by atoms with Crippen LogP contribution in [-0.2, 0) is 6.54 Å². The van der Waals surface area contributed by atoms with Crippen molar-refractivity contribution in [3.63, 3.8) is 0 Å². The number of benzene rings is 1. The summed E-state index contributed by atoms with van der Waals surface area (Å²) in [5.74, 6) is -0.0230. The van der Waals surface area contributed by atoms with Crippen molar-refractivity contribution in [3.8, 4) is 0 Å². The lowest BCUT2D eigenvalue weighted by atomic mass is 10.2. The molecule has 1 aliphatic carbocycles. The highest BCUT2D eigenvalue weighted by Crippen LogP contribution is 2.26. The lowest BCUT2D eigenvalue weighted by Crippen LogP contribution is -2.25. The summed E-state index contributed by atoms with van der Waals surface area (Å²) < 4.78 is 2.03. The third kappa shape index (κ3) is 2.29. The fourth-order valence-corrected chi connectivity index (χ4v) is 2.70. The number of carboxylic acids is 1. The molecule has 1 saturated carbocycles. The van der Waals surface area contributed by atoms with Crippen LogP contribution in [0.2, 0.25) is 0 Å². The van der Waals surface area contributed by atoms with Crippen LogP contribution in [0.25, 0.3) is 11.0 Å². The highest BCUT2D eigenvalue weighted by Gasteiger charge is 2.26. The normalized spacial score (nSPS) is 15.2. The van der Waals surface area contributed by atoms with Crippen LogP contribution in [0.3, 0.4) is 0 Å². The van der Waals surface area contributed by atoms with E-state index in [1.54, 1.807) is 12.1 Å². The monoisotopic (exact) mass is 273 g/mol. The predicted octanol–water partition coefficient (Wildman–Crippen LogP) is 2.14. The van der Waals surface area contributed by atoms with Crippen LogP contribution in [0, 0.1) is 6.92 Å². The third-order valence-electron chi connectivity index (χ3n) is 4.03. The quantitative estimate of drug-likeness (QED) is 0.906. The maximum absolute atomic E-state index is 11.4. The maximum atomic E-state index is 11.4. The van der Waals surface area contributed by atoms with Gasteiger partial charge in [0.15, 0.2) is 0 Å². The van der Waals surface area contributed by atoms with Crippen LogP contribution in [-0.4, -0.2) is 45.2 Å². The standard InChI is InChI=1S/C15H19N3O2/c1-10-16-13-5-3-4-12(15(19)20)14(13)18(10)9-8-17(2)11-6-7-11/h3-5,11H,6-9H2,1-2H3,(H,19,20). The van der Waals surface area contributed by atoms with E-state index in [9.17, 15) is 9.90 Å². The van der Waals surface area contributed by atoms with Gasteiger partial charge in [-0.05, 0) is 38.9 Å². The van der Waals surface area contributed by atoms with Crippen molar-refractivity contribution in [2.75, 3.05) is 13.6 Å². The second-order valence-corrected chi connectivity index (χ2v) is 5.50. The molecular formula is C15H19N3O2. The average Bonchev–Trinajstić information content (AvgIpc) is 3.19. The van der Waals surface area contributed by atoms with Gasteiger partial charge in [0.05, 0.1) is 16.6 Å². The topological polar surface area (TPSA) is 58.4 Å². The van der Waals surface area contributed by atoms with E-state index in [4.69, 9.17) is 0 Å². The Kier molecular flexibility index (Phi) is 3.22. The Bertz CT molecular complexity index is 658. The van der Waals surface area contributed by atoms with Gasteiger partial charge in [-0.3, -0.25) is 0 Å². The number of fused-ring (bicyclic) bond motifs is 1. The maximum Gasteiger partial charge on any atom is 0.337 e. The van der Waals surface area contributed by atoms with Gasteiger partial charge in [0.2, 0.25) is 0 Å². The SMILES string of the molecule is Cc1nc2cccc(C(=O)O)c2n1CCN(C)C1CC1. The first kappa shape index (κ1) is 13.1. The molecule has 0 spiro atoms. The Balaban J connectivity index is 1.95. The Morgan fingerprint density at radius 3 is 2.90 bits per heavy atom. The van der Waals surface area contributed by atoms with E-state index in [0.29, 0.717) is 11.6 Å². The molecule has 0 bridgehead atoms. The summed E-state index contributed by atoms with van der Waals surface area (Å²) in [5.41, 5.74) is 1.83. The molecule has 0 amide bonds. The number of aryl methyl sites for hydroxylation is 1. The Labute approximate surface area is 117 Å². The summed E-state index contributed by atoms with van der Waals surface area (Å²) in [6.07, 6.45) is 2.56. The third-order valence-corrected chi connectivity index (χ3v) is 4.03. The molecule has 1 aromatic heterocycles. The smallest absolute Gasteiger partial charge is 0.337 e. The van der Waals surface area contributed by atoms with Crippen LogP contribution in [0.15, 0.2) is 18.2 Å². The molecular weight excluding hydrogens is 254 g/mol. The van der Waals surface area contributed by atoms with Crippen molar-refractivity contribution in [1.29, 1.82) is 0 Å². The number of nitrogens with zero attached hydrogens (tertiary/aromatic N) is 3. The molecule has 20 heavy (non-hydrogen) atoms. The summed E-state index contributed by atoms with van der Waals surface area (Å²) in [7, 11) is 2.13. The molecule has 0 atom stereocenters. The Morgan fingerprint density at radius 1 is 1.50 bits per heavy atom. The Hall–Kier alpha value is -1.88. The van der Waals surface area contributed by atoms with Gasteiger partial charge in [0, 0.05) is 19.1 Å². The molecule has 1 aliphatic rings. The van der Waals surface area contributed by atoms with E-state index < -0.39 is 5.97 Å². The second kappa shape index (κ2) is 4.90. The zero-order valence-electron chi connectivity index (χ0n) is 11.8. The average molecular weight is 273 g/mol. The Morgan fingerprint density at radius 2 is 2.25 bits per heavy atom. The van der Waals surface area contributed by atoms with Gasteiger partial charge < -0.3 is 14.6 Å². The number of hydrogen-bond acceptors (Lipinski definition) is 3. The fraction of sp³-hybridized carbons (Fsp3) is 0.467. The highest BCUT2D eigenvalue weighted by atomic mass is 16.4. The molecule has 1 fully saturated rings. The minimum absolute atomic E-state index is 0.331. The van der Waals surface area contributed by atoms with E-state index >= 15 is 0 Å². The lowest BCUT2D eigenvalue weighted by molar-refractivity contribution is 0.0698. The molecule has 5 nitrogen and oxygen atoms in total. The second-order valence-electron chi connectivity index (χ2n) is 5.50. The molecule has 2 aromatic rings. The van der Waals surface area contributed by atoms with Crippen LogP contribution < -0.4 is 0 Å². The number of aromatic nitrogens is 2. The predicted molar refractivity (Wildman–Crippen MR) is 77.1 cm³/mol. The van der Waals surface area contributed by atoms with Crippen molar-refractivity contribution in [2.45, 2.75) is 32.4 Å². The number of likely N-dealkylation sites (N-methyl/N-ethyl adjacent to an activating group) is 1. The molecule has 0 radical (unpaired) electrons. The number of carbonyl (C=O) groups is 1. The fourth-order valence-electron chi connectivity index (χ4n) is 2.70.